The molecule has 3 aliphatic carbocycles. The maximum atomic E-state index is 11.6. The van der Waals surface area contributed by atoms with Crippen LogP contribution in [0.5, 0.6) is 0 Å². The quantitative estimate of drug-likeness (QED) is 0.276. The van der Waals surface area contributed by atoms with Gasteiger partial charge in [-0.2, -0.15) is 0 Å². The minimum Gasteiger partial charge on any atom is -0.462 e. The Morgan fingerprint density at radius 2 is 1.89 bits per heavy atom. The number of ether oxygens (including phenoxy) is 1. The van der Waals surface area contributed by atoms with E-state index in [1.54, 1.807) is 5.57 Å². The van der Waals surface area contributed by atoms with Gasteiger partial charge in [0.05, 0.1) is 5.71 Å². The van der Waals surface area contributed by atoms with E-state index in [9.17, 15) is 4.79 Å². The third-order valence-corrected chi connectivity index (χ3v) is 10.1. The van der Waals surface area contributed by atoms with E-state index >= 15 is 0 Å². The third kappa shape index (κ3) is 5.53. The van der Waals surface area contributed by atoms with Gasteiger partial charge >= 0.3 is 5.97 Å². The van der Waals surface area contributed by atoms with Gasteiger partial charge in [0.25, 0.3) is 0 Å². The first kappa shape index (κ1) is 27.2. The van der Waals surface area contributed by atoms with Gasteiger partial charge in [0.1, 0.15) is 6.10 Å². The fraction of sp³-hybridized carbons (Fsp3) is 0.750. The highest BCUT2D eigenvalue weighted by Crippen LogP contribution is 2.59. The molecule has 0 aromatic carbocycles. The minimum absolute atomic E-state index is 0.0596. The molecule has 4 rings (SSSR count). The van der Waals surface area contributed by atoms with Crippen molar-refractivity contribution in [2.75, 3.05) is 0 Å². The summed E-state index contributed by atoms with van der Waals surface area (Å²) < 4.78 is 5.62. The Morgan fingerprint density at radius 1 is 1.11 bits per heavy atom. The zero-order valence-electron chi connectivity index (χ0n) is 23.8. The Labute approximate surface area is 219 Å². The summed E-state index contributed by atoms with van der Waals surface area (Å²) in [5, 5.41) is 4.32. The summed E-state index contributed by atoms with van der Waals surface area (Å²) in [6.45, 7) is 15.5. The monoisotopic (exact) mass is 495 g/mol. The van der Waals surface area contributed by atoms with E-state index in [0.717, 1.165) is 37.3 Å². The largest absolute Gasteiger partial charge is 0.462 e. The molecule has 0 bridgehead atoms. The van der Waals surface area contributed by atoms with E-state index in [4.69, 9.17) is 9.57 Å². The van der Waals surface area contributed by atoms with E-state index in [0.29, 0.717) is 29.1 Å². The summed E-state index contributed by atoms with van der Waals surface area (Å²) >= 11 is 0. The second-order valence-corrected chi connectivity index (χ2v) is 12.9. The lowest BCUT2D eigenvalue weighted by molar-refractivity contribution is -0.149. The normalized spacial score (nSPS) is 38.4. The predicted octanol–water partition coefficient (Wildman–Crippen LogP) is 8.19. The highest BCUT2D eigenvalue weighted by atomic mass is 16.7. The van der Waals surface area contributed by atoms with Crippen LogP contribution in [0.25, 0.3) is 0 Å². The average Bonchev–Trinajstić information content (AvgIpc) is 3.37. The standard InChI is InChI=1S/C32H49NO3/c1-21(2)22(3)10-11-23(4)29-14-15-30-26(9-8-17-31(29,30)7)12-13-27-19-28(35-25(6)34)16-18-32(27)20-24(5)33-36-32/h10-13,21-23,28-30H,8-9,14-20H2,1-7H3/b11-10+,26-12+,27-13-/t22-,23?,28-,29+,30?,31+,32+/m0/s1. The molecule has 0 aromatic heterocycles. The molecule has 200 valence electrons. The second-order valence-electron chi connectivity index (χ2n) is 12.9. The Kier molecular flexibility index (Phi) is 8.22. The number of fused-ring (bicyclic) bond motifs is 1. The lowest BCUT2D eigenvalue weighted by Gasteiger charge is -2.44. The number of rotatable bonds is 6. The molecule has 1 aliphatic heterocycles. The summed E-state index contributed by atoms with van der Waals surface area (Å²) in [5.74, 6) is 3.17. The molecule has 36 heavy (non-hydrogen) atoms. The van der Waals surface area contributed by atoms with Gasteiger partial charge < -0.3 is 9.57 Å². The molecular formula is C32H49NO3. The van der Waals surface area contributed by atoms with E-state index in [-0.39, 0.29) is 17.7 Å². The van der Waals surface area contributed by atoms with Crippen LogP contribution in [0.4, 0.5) is 0 Å². The number of carbonyl (C=O) groups excluding carboxylic acids is 1. The van der Waals surface area contributed by atoms with Gasteiger partial charge in [0.15, 0.2) is 5.60 Å². The number of nitrogens with zero attached hydrogens (tertiary/aromatic N) is 1. The van der Waals surface area contributed by atoms with Crippen LogP contribution in [0, 0.1) is 35.0 Å². The zero-order valence-corrected chi connectivity index (χ0v) is 23.8. The molecule has 3 fully saturated rings. The fourth-order valence-corrected chi connectivity index (χ4v) is 7.65. The predicted molar refractivity (Wildman–Crippen MR) is 148 cm³/mol. The van der Waals surface area contributed by atoms with E-state index in [1.165, 1.54) is 44.6 Å². The van der Waals surface area contributed by atoms with Crippen LogP contribution in [0.3, 0.4) is 0 Å². The van der Waals surface area contributed by atoms with Crippen molar-refractivity contribution in [3.8, 4) is 0 Å². The smallest absolute Gasteiger partial charge is 0.302 e. The van der Waals surface area contributed by atoms with Crippen molar-refractivity contribution in [2.24, 2.45) is 40.2 Å². The molecule has 0 radical (unpaired) electrons. The Morgan fingerprint density at radius 3 is 2.56 bits per heavy atom. The molecule has 0 saturated heterocycles. The summed E-state index contributed by atoms with van der Waals surface area (Å²) in [6, 6.07) is 0. The zero-order chi connectivity index (χ0) is 26.1. The topological polar surface area (TPSA) is 47.9 Å². The van der Waals surface area contributed by atoms with Gasteiger partial charge in [-0.3, -0.25) is 4.79 Å². The van der Waals surface area contributed by atoms with Crippen molar-refractivity contribution in [3.63, 3.8) is 0 Å². The molecule has 7 atom stereocenters. The van der Waals surface area contributed by atoms with Crippen molar-refractivity contribution in [1.82, 2.24) is 0 Å². The van der Waals surface area contributed by atoms with E-state index < -0.39 is 0 Å². The maximum absolute atomic E-state index is 11.6. The number of allylic oxidation sites excluding steroid dienone is 5. The van der Waals surface area contributed by atoms with Crippen LogP contribution in [0.2, 0.25) is 0 Å². The lowest BCUT2D eigenvalue weighted by Crippen LogP contribution is -2.39. The van der Waals surface area contributed by atoms with Gasteiger partial charge in [0, 0.05) is 19.8 Å². The lowest BCUT2D eigenvalue weighted by atomic mass is 9.61. The Bertz CT molecular complexity index is 943. The molecular weight excluding hydrogens is 446 g/mol. The molecule has 1 spiro atoms. The maximum Gasteiger partial charge on any atom is 0.302 e. The second kappa shape index (κ2) is 10.9. The van der Waals surface area contributed by atoms with Crippen molar-refractivity contribution < 1.29 is 14.4 Å². The van der Waals surface area contributed by atoms with Gasteiger partial charge in [-0.15, -0.1) is 0 Å². The van der Waals surface area contributed by atoms with Gasteiger partial charge in [0.2, 0.25) is 0 Å². The van der Waals surface area contributed by atoms with Crippen molar-refractivity contribution in [3.05, 3.63) is 35.5 Å². The molecule has 4 aliphatic rings. The van der Waals surface area contributed by atoms with Crippen LogP contribution >= 0.6 is 0 Å². The number of hydrogen-bond donors (Lipinski definition) is 0. The van der Waals surface area contributed by atoms with Crippen LogP contribution in [-0.2, 0) is 14.4 Å². The molecule has 3 saturated carbocycles. The SMILES string of the molecule is CC(=O)O[C@H]1CC[C@@]2(CC(C)=NO2)/C(=C\C=C2/CCC[C@@]3(C)C2CC[C@@H]3C(C)/C=C/[C@H](C)C(C)C)C1. The molecule has 0 amide bonds. The third-order valence-electron chi connectivity index (χ3n) is 10.1. The fourth-order valence-electron chi connectivity index (χ4n) is 7.65. The van der Waals surface area contributed by atoms with Crippen LogP contribution in [-0.4, -0.2) is 23.4 Å². The van der Waals surface area contributed by atoms with Crippen LogP contribution in [0.15, 0.2) is 40.6 Å². The summed E-state index contributed by atoms with van der Waals surface area (Å²) in [5.41, 5.74) is 3.94. The number of esters is 1. The molecule has 4 heteroatoms. The van der Waals surface area contributed by atoms with Crippen LogP contribution in [0.1, 0.15) is 106 Å². The summed E-state index contributed by atoms with van der Waals surface area (Å²) in [6.07, 6.45) is 19.4. The molecule has 0 N–H and O–H groups in total. The van der Waals surface area contributed by atoms with E-state index in [2.05, 4.69) is 64.1 Å². The number of carbonyl (C=O) groups is 1. The first-order valence-electron chi connectivity index (χ1n) is 14.5. The summed E-state index contributed by atoms with van der Waals surface area (Å²) in [4.78, 5) is 17.7. The Balaban J connectivity index is 1.55. The Hall–Kier alpha value is -1.84. The highest BCUT2D eigenvalue weighted by molar-refractivity contribution is 5.84. The minimum atomic E-state index is -0.347. The molecule has 4 nitrogen and oxygen atoms in total. The van der Waals surface area contributed by atoms with Crippen molar-refractivity contribution in [2.45, 2.75) is 118 Å². The molecule has 1 heterocycles. The first-order valence-corrected chi connectivity index (χ1v) is 14.5. The average molecular weight is 496 g/mol. The van der Waals surface area contributed by atoms with Crippen LogP contribution < -0.4 is 0 Å². The molecule has 2 unspecified atom stereocenters. The summed E-state index contributed by atoms with van der Waals surface area (Å²) in [7, 11) is 0. The van der Waals surface area contributed by atoms with Crippen molar-refractivity contribution >= 4 is 11.7 Å². The first-order chi connectivity index (χ1) is 17.0. The number of oxime groups is 1. The van der Waals surface area contributed by atoms with E-state index in [1.807, 2.05) is 6.92 Å². The molecule has 0 aromatic rings. The van der Waals surface area contributed by atoms with Gasteiger partial charge in [-0.1, -0.05) is 69.7 Å². The van der Waals surface area contributed by atoms with Gasteiger partial charge in [-0.05, 0) is 92.4 Å². The van der Waals surface area contributed by atoms with Gasteiger partial charge in [-0.25, -0.2) is 0 Å². The highest BCUT2D eigenvalue weighted by Gasteiger charge is 2.50. The van der Waals surface area contributed by atoms with Crippen molar-refractivity contribution in [1.29, 1.82) is 0 Å². The number of hydrogen-bond acceptors (Lipinski definition) is 4.